The van der Waals surface area contributed by atoms with Crippen LogP contribution in [0.1, 0.15) is 19.3 Å². The highest BCUT2D eigenvalue weighted by molar-refractivity contribution is 7.14. The Labute approximate surface area is 130 Å². The monoisotopic (exact) mass is 320 g/mol. The maximum atomic E-state index is 13.7. The van der Waals surface area contributed by atoms with Gasteiger partial charge in [-0.3, -0.25) is 4.79 Å². The van der Waals surface area contributed by atoms with Gasteiger partial charge in [-0.25, -0.2) is 13.8 Å². The summed E-state index contributed by atoms with van der Waals surface area (Å²) in [5.74, 6) is -0.902. The van der Waals surface area contributed by atoms with E-state index in [0.29, 0.717) is 17.2 Å². The number of allylic oxidation sites excluding steroid dienone is 2. The third-order valence-corrected chi connectivity index (χ3v) is 4.27. The number of benzene rings is 1. The number of aromatic nitrogens is 1. The Morgan fingerprint density at radius 3 is 3.05 bits per heavy atom. The molecule has 0 bridgehead atoms. The van der Waals surface area contributed by atoms with Crippen molar-refractivity contribution in [3.05, 3.63) is 47.4 Å². The minimum Gasteiger partial charge on any atom is -0.302 e. The third kappa shape index (κ3) is 3.39. The van der Waals surface area contributed by atoms with Crippen LogP contribution in [-0.2, 0) is 4.79 Å². The maximum absolute atomic E-state index is 13.7. The van der Waals surface area contributed by atoms with E-state index in [4.69, 9.17) is 0 Å². The van der Waals surface area contributed by atoms with E-state index in [1.807, 2.05) is 0 Å². The van der Waals surface area contributed by atoms with Crippen molar-refractivity contribution in [2.45, 2.75) is 19.3 Å². The minimum absolute atomic E-state index is 0.0930. The van der Waals surface area contributed by atoms with Crippen LogP contribution >= 0.6 is 11.3 Å². The van der Waals surface area contributed by atoms with Crippen LogP contribution in [0.25, 0.3) is 11.3 Å². The summed E-state index contributed by atoms with van der Waals surface area (Å²) < 4.78 is 26.9. The second-order valence-corrected chi connectivity index (χ2v) is 6.04. The van der Waals surface area contributed by atoms with E-state index in [0.717, 1.165) is 31.0 Å². The molecule has 1 aliphatic rings. The molecule has 1 aromatic heterocycles. The molecule has 3 nitrogen and oxygen atoms in total. The summed E-state index contributed by atoms with van der Waals surface area (Å²) in [6.45, 7) is 0. The van der Waals surface area contributed by atoms with E-state index in [2.05, 4.69) is 22.5 Å². The normalized spacial score (nSPS) is 16.9. The van der Waals surface area contributed by atoms with Crippen LogP contribution in [0.2, 0.25) is 0 Å². The first-order chi connectivity index (χ1) is 10.6. The van der Waals surface area contributed by atoms with Gasteiger partial charge in [0.1, 0.15) is 11.6 Å². The number of nitrogens with one attached hydrogen (secondary N) is 1. The van der Waals surface area contributed by atoms with Crippen molar-refractivity contribution in [1.29, 1.82) is 0 Å². The van der Waals surface area contributed by atoms with Crippen LogP contribution in [0.5, 0.6) is 0 Å². The van der Waals surface area contributed by atoms with Crippen LogP contribution < -0.4 is 5.32 Å². The molecular weight excluding hydrogens is 306 g/mol. The van der Waals surface area contributed by atoms with Crippen LogP contribution in [0.3, 0.4) is 0 Å². The van der Waals surface area contributed by atoms with Gasteiger partial charge in [-0.2, -0.15) is 0 Å². The number of thiazole rings is 1. The summed E-state index contributed by atoms with van der Waals surface area (Å²) in [7, 11) is 0. The van der Waals surface area contributed by atoms with Crippen molar-refractivity contribution in [3.63, 3.8) is 0 Å². The van der Waals surface area contributed by atoms with Crippen molar-refractivity contribution < 1.29 is 13.6 Å². The van der Waals surface area contributed by atoms with Gasteiger partial charge in [0.05, 0.1) is 5.69 Å². The first-order valence-corrected chi connectivity index (χ1v) is 7.87. The van der Waals surface area contributed by atoms with Gasteiger partial charge < -0.3 is 5.32 Å². The molecule has 1 atom stereocenters. The smallest absolute Gasteiger partial charge is 0.226 e. The Morgan fingerprint density at radius 2 is 2.27 bits per heavy atom. The number of amides is 1. The molecule has 0 spiro atoms. The molecule has 1 N–H and O–H groups in total. The average Bonchev–Trinajstić information content (AvgIpc) is 3.13. The summed E-state index contributed by atoms with van der Waals surface area (Å²) in [5, 5.41) is 4.71. The van der Waals surface area contributed by atoms with Crippen LogP contribution in [0.15, 0.2) is 35.7 Å². The van der Waals surface area contributed by atoms with Crippen molar-refractivity contribution in [2.75, 3.05) is 5.32 Å². The highest BCUT2D eigenvalue weighted by Crippen LogP contribution is 2.28. The fraction of sp³-hybridized carbons (Fsp3) is 0.250. The summed E-state index contributed by atoms with van der Waals surface area (Å²) >= 11 is 1.19. The number of hydrogen-bond donors (Lipinski definition) is 1. The van der Waals surface area contributed by atoms with Crippen LogP contribution in [-0.4, -0.2) is 10.9 Å². The molecule has 114 valence electrons. The molecule has 0 saturated carbocycles. The van der Waals surface area contributed by atoms with Crippen molar-refractivity contribution in [2.24, 2.45) is 5.92 Å². The van der Waals surface area contributed by atoms with Gasteiger partial charge >= 0.3 is 0 Å². The average molecular weight is 320 g/mol. The van der Waals surface area contributed by atoms with E-state index in [-0.39, 0.29) is 17.4 Å². The quantitative estimate of drug-likeness (QED) is 0.849. The second kappa shape index (κ2) is 6.36. The fourth-order valence-electron chi connectivity index (χ4n) is 2.42. The summed E-state index contributed by atoms with van der Waals surface area (Å²) in [5.41, 5.74) is 0.411. The van der Waals surface area contributed by atoms with Crippen LogP contribution in [0, 0.1) is 17.6 Å². The molecule has 0 saturated heterocycles. The summed E-state index contributed by atoms with van der Waals surface area (Å²) in [4.78, 5) is 16.1. The van der Waals surface area contributed by atoms with Gasteiger partial charge in [-0.05, 0) is 37.0 Å². The van der Waals surface area contributed by atoms with Gasteiger partial charge in [0, 0.05) is 17.4 Å². The predicted octanol–water partition coefficient (Wildman–Crippen LogP) is 4.38. The lowest BCUT2D eigenvalue weighted by Crippen LogP contribution is -2.14. The molecule has 3 rings (SSSR count). The Balaban J connectivity index is 1.69. The molecule has 0 fully saturated rings. The zero-order valence-electron chi connectivity index (χ0n) is 11.7. The maximum Gasteiger partial charge on any atom is 0.226 e. The van der Waals surface area contributed by atoms with E-state index in [1.54, 1.807) is 5.38 Å². The molecular formula is C16H14F2N2OS. The molecule has 2 aromatic rings. The second-order valence-electron chi connectivity index (χ2n) is 5.18. The predicted molar refractivity (Wildman–Crippen MR) is 82.6 cm³/mol. The standard InChI is InChI=1S/C16H14F2N2OS/c17-11-5-6-13(18)12(8-11)14-9-22-16(19-14)20-15(21)7-10-3-1-2-4-10/h1,3,5-6,8-10H,2,4,7H2,(H,19,20,21). The third-order valence-electron chi connectivity index (χ3n) is 3.51. The zero-order valence-corrected chi connectivity index (χ0v) is 12.5. The number of carbonyl (C=O) groups excluding carboxylic acids is 1. The Morgan fingerprint density at radius 1 is 1.41 bits per heavy atom. The van der Waals surface area contributed by atoms with Gasteiger partial charge in [-0.15, -0.1) is 11.3 Å². The van der Waals surface area contributed by atoms with E-state index >= 15 is 0 Å². The molecule has 1 aromatic carbocycles. The highest BCUT2D eigenvalue weighted by atomic mass is 32.1. The van der Waals surface area contributed by atoms with E-state index in [9.17, 15) is 13.6 Å². The summed E-state index contributed by atoms with van der Waals surface area (Å²) in [6.07, 6.45) is 6.55. The lowest BCUT2D eigenvalue weighted by Gasteiger charge is -2.06. The Kier molecular flexibility index (Phi) is 4.29. The van der Waals surface area contributed by atoms with Gasteiger partial charge in [0.2, 0.25) is 5.91 Å². The van der Waals surface area contributed by atoms with Crippen molar-refractivity contribution in [1.82, 2.24) is 4.98 Å². The molecule has 1 aliphatic carbocycles. The first-order valence-electron chi connectivity index (χ1n) is 6.99. The molecule has 1 amide bonds. The van der Waals surface area contributed by atoms with Crippen LogP contribution in [0.4, 0.5) is 13.9 Å². The van der Waals surface area contributed by atoms with Gasteiger partial charge in [0.25, 0.3) is 0 Å². The number of nitrogens with zero attached hydrogens (tertiary/aromatic N) is 1. The Hall–Kier alpha value is -2.08. The first kappa shape index (κ1) is 14.8. The number of hydrogen-bond acceptors (Lipinski definition) is 3. The lowest BCUT2D eigenvalue weighted by molar-refractivity contribution is -0.116. The van der Waals surface area contributed by atoms with Gasteiger partial charge in [-0.1, -0.05) is 12.2 Å². The van der Waals surface area contributed by atoms with Gasteiger partial charge in [0.15, 0.2) is 5.13 Å². The molecule has 0 radical (unpaired) electrons. The number of anilines is 1. The zero-order chi connectivity index (χ0) is 15.5. The molecule has 1 unspecified atom stereocenters. The van der Waals surface area contributed by atoms with E-state index < -0.39 is 11.6 Å². The highest BCUT2D eigenvalue weighted by Gasteiger charge is 2.16. The number of carbonyl (C=O) groups is 1. The fourth-order valence-corrected chi connectivity index (χ4v) is 3.15. The van der Waals surface area contributed by atoms with Crippen molar-refractivity contribution in [3.8, 4) is 11.3 Å². The largest absolute Gasteiger partial charge is 0.302 e. The minimum atomic E-state index is -0.541. The number of halogens is 2. The Bertz CT molecular complexity index is 727. The van der Waals surface area contributed by atoms with Crippen molar-refractivity contribution >= 4 is 22.4 Å². The topological polar surface area (TPSA) is 42.0 Å². The SMILES string of the molecule is O=C(CC1C=CCC1)Nc1nc(-c2cc(F)ccc2F)cs1. The number of rotatable bonds is 4. The van der Waals surface area contributed by atoms with E-state index in [1.165, 1.54) is 11.3 Å². The molecule has 6 heteroatoms. The lowest BCUT2D eigenvalue weighted by atomic mass is 10.1. The summed E-state index contributed by atoms with van der Waals surface area (Å²) in [6, 6.07) is 3.22. The molecule has 22 heavy (non-hydrogen) atoms. The molecule has 0 aliphatic heterocycles. The molecule has 1 heterocycles.